The van der Waals surface area contributed by atoms with Crippen molar-refractivity contribution >= 4 is 28.2 Å². The third-order valence-corrected chi connectivity index (χ3v) is 6.08. The van der Waals surface area contributed by atoms with Gasteiger partial charge in [-0.3, -0.25) is 0 Å². The molecule has 1 atom stereocenters. The maximum atomic E-state index is 4.93. The van der Waals surface area contributed by atoms with Gasteiger partial charge >= 0.3 is 0 Å². The topological polar surface area (TPSA) is 28.2 Å². The molecule has 1 aromatic rings. The molecule has 0 aromatic carbocycles. The van der Waals surface area contributed by atoms with Crippen molar-refractivity contribution in [1.29, 1.82) is 0 Å². The van der Waals surface area contributed by atoms with E-state index in [4.69, 9.17) is 4.98 Å². The summed E-state index contributed by atoms with van der Waals surface area (Å²) in [6, 6.07) is 0.564. The first-order valence-corrected chi connectivity index (χ1v) is 9.41. The molecule has 19 heavy (non-hydrogen) atoms. The third kappa shape index (κ3) is 3.09. The zero-order valence-electron chi connectivity index (χ0n) is 11.7. The number of rotatable bonds is 4. The highest BCUT2D eigenvalue weighted by molar-refractivity contribution is 7.99. The highest BCUT2D eigenvalue weighted by Gasteiger charge is 2.26. The Kier molecular flexibility index (Phi) is 4.66. The minimum absolute atomic E-state index is 0.564. The van der Waals surface area contributed by atoms with Gasteiger partial charge in [-0.15, -0.1) is 0 Å². The summed E-state index contributed by atoms with van der Waals surface area (Å²) in [7, 11) is 0. The van der Waals surface area contributed by atoms with Crippen LogP contribution in [0.15, 0.2) is 0 Å². The molecule has 0 saturated carbocycles. The quantitative estimate of drug-likeness (QED) is 0.924. The predicted octanol–water partition coefficient (Wildman–Crippen LogP) is 3.07. The third-order valence-electron chi connectivity index (χ3n) is 3.86. The van der Waals surface area contributed by atoms with Crippen molar-refractivity contribution in [1.82, 2.24) is 10.3 Å². The van der Waals surface area contributed by atoms with Crippen molar-refractivity contribution in [2.24, 2.45) is 0 Å². The van der Waals surface area contributed by atoms with E-state index in [-0.39, 0.29) is 0 Å². The van der Waals surface area contributed by atoms with Crippen LogP contribution in [0.5, 0.6) is 0 Å². The van der Waals surface area contributed by atoms with Gasteiger partial charge in [-0.25, -0.2) is 4.98 Å². The summed E-state index contributed by atoms with van der Waals surface area (Å²) < 4.78 is 0. The normalized spacial score (nSPS) is 23.4. The molecule has 1 aromatic heterocycles. The highest BCUT2D eigenvalue weighted by Crippen LogP contribution is 2.38. The maximum Gasteiger partial charge on any atom is 0.185 e. The van der Waals surface area contributed by atoms with Crippen LogP contribution in [0, 0.1) is 0 Å². The average Bonchev–Trinajstić information content (AvgIpc) is 2.90. The monoisotopic (exact) mass is 297 g/mol. The van der Waals surface area contributed by atoms with E-state index >= 15 is 0 Å². The Bertz CT molecular complexity index is 413. The molecular weight excluding hydrogens is 274 g/mol. The number of nitrogens with zero attached hydrogens (tertiary/aromatic N) is 2. The fourth-order valence-electron chi connectivity index (χ4n) is 2.81. The molecule has 1 aliphatic carbocycles. The van der Waals surface area contributed by atoms with Crippen LogP contribution >= 0.6 is 23.1 Å². The second-order valence-electron chi connectivity index (χ2n) is 5.31. The van der Waals surface area contributed by atoms with Gasteiger partial charge in [-0.05, 0) is 32.2 Å². The van der Waals surface area contributed by atoms with Crippen LogP contribution in [0.2, 0.25) is 0 Å². The molecule has 5 heteroatoms. The Morgan fingerprint density at radius 2 is 2.21 bits per heavy atom. The van der Waals surface area contributed by atoms with E-state index in [0.717, 1.165) is 6.54 Å². The number of thiazole rings is 1. The fourth-order valence-corrected chi connectivity index (χ4v) is 4.99. The largest absolute Gasteiger partial charge is 0.346 e. The first kappa shape index (κ1) is 13.7. The lowest BCUT2D eigenvalue weighted by Gasteiger charge is -2.25. The van der Waals surface area contributed by atoms with Crippen LogP contribution in [0.3, 0.4) is 0 Å². The van der Waals surface area contributed by atoms with Crippen LogP contribution in [0.4, 0.5) is 5.13 Å². The molecule has 3 nitrogen and oxygen atoms in total. The molecule has 3 rings (SSSR count). The van der Waals surface area contributed by atoms with Crippen molar-refractivity contribution in [3.63, 3.8) is 0 Å². The summed E-state index contributed by atoms with van der Waals surface area (Å²) in [6.45, 7) is 5.70. The molecule has 0 bridgehead atoms. The second-order valence-corrected chi connectivity index (χ2v) is 7.54. The highest BCUT2D eigenvalue weighted by atomic mass is 32.2. The number of aryl methyl sites for hydroxylation is 1. The first-order valence-electron chi connectivity index (χ1n) is 7.44. The van der Waals surface area contributed by atoms with E-state index in [0.29, 0.717) is 6.04 Å². The van der Waals surface area contributed by atoms with Crippen molar-refractivity contribution in [3.8, 4) is 0 Å². The SMILES string of the molecule is CCCNC1CCCc2nc(N3CCSCC3)sc21. The number of hydrogen-bond acceptors (Lipinski definition) is 5. The number of anilines is 1. The molecule has 106 valence electrons. The van der Waals surface area contributed by atoms with Gasteiger partial charge in [0.2, 0.25) is 0 Å². The molecule has 0 amide bonds. The number of thioether (sulfide) groups is 1. The molecule has 1 aliphatic heterocycles. The lowest BCUT2D eigenvalue weighted by atomic mass is 9.98. The van der Waals surface area contributed by atoms with Gasteiger partial charge in [0.05, 0.1) is 5.69 Å². The van der Waals surface area contributed by atoms with Crippen molar-refractivity contribution in [2.45, 2.75) is 38.6 Å². The molecule has 0 spiro atoms. The van der Waals surface area contributed by atoms with Gasteiger partial charge in [0.1, 0.15) is 0 Å². The average molecular weight is 297 g/mol. The van der Waals surface area contributed by atoms with Crippen molar-refractivity contribution in [3.05, 3.63) is 10.6 Å². The smallest absolute Gasteiger partial charge is 0.185 e. The van der Waals surface area contributed by atoms with Crippen molar-refractivity contribution < 1.29 is 0 Å². The Balaban J connectivity index is 1.76. The van der Waals surface area contributed by atoms with E-state index in [9.17, 15) is 0 Å². The van der Waals surface area contributed by atoms with Gasteiger partial charge in [-0.1, -0.05) is 18.3 Å². The Morgan fingerprint density at radius 3 is 3.00 bits per heavy atom. The minimum atomic E-state index is 0.564. The molecule has 1 unspecified atom stereocenters. The summed E-state index contributed by atoms with van der Waals surface area (Å²) >= 11 is 4.01. The van der Waals surface area contributed by atoms with Crippen LogP contribution in [-0.2, 0) is 6.42 Å². The zero-order chi connectivity index (χ0) is 13.1. The number of fused-ring (bicyclic) bond motifs is 1. The summed E-state index contributed by atoms with van der Waals surface area (Å²) in [4.78, 5) is 8.93. The lowest BCUT2D eigenvalue weighted by Crippen LogP contribution is -2.32. The summed E-state index contributed by atoms with van der Waals surface area (Å²) in [5.74, 6) is 2.50. The van der Waals surface area contributed by atoms with Crippen LogP contribution in [0.1, 0.15) is 42.8 Å². The predicted molar refractivity (Wildman–Crippen MR) is 85.6 cm³/mol. The minimum Gasteiger partial charge on any atom is -0.346 e. The molecule has 2 heterocycles. The Morgan fingerprint density at radius 1 is 1.37 bits per heavy atom. The molecule has 1 fully saturated rings. The van der Waals surface area contributed by atoms with E-state index in [1.807, 2.05) is 11.3 Å². The fraction of sp³-hybridized carbons (Fsp3) is 0.786. The van der Waals surface area contributed by atoms with E-state index in [1.165, 1.54) is 66.0 Å². The number of nitrogens with one attached hydrogen (secondary N) is 1. The van der Waals surface area contributed by atoms with Gasteiger partial charge in [0.15, 0.2) is 5.13 Å². The molecular formula is C14H23N3S2. The molecule has 0 radical (unpaired) electrons. The standard InChI is InChI=1S/C14H23N3S2/c1-2-6-15-11-4-3-5-12-13(11)19-14(16-12)17-7-9-18-10-8-17/h11,15H,2-10H2,1H3. The molecule has 1 saturated heterocycles. The Labute approximate surface area is 124 Å². The summed E-state index contributed by atoms with van der Waals surface area (Å²) in [5, 5.41) is 4.97. The van der Waals surface area contributed by atoms with Gasteiger partial charge in [0.25, 0.3) is 0 Å². The van der Waals surface area contributed by atoms with Crippen LogP contribution in [-0.4, -0.2) is 36.1 Å². The zero-order valence-corrected chi connectivity index (χ0v) is 13.3. The van der Waals surface area contributed by atoms with E-state index in [2.05, 4.69) is 28.9 Å². The van der Waals surface area contributed by atoms with E-state index < -0.39 is 0 Å². The number of aromatic nitrogens is 1. The molecule has 2 aliphatic rings. The second kappa shape index (κ2) is 6.46. The lowest BCUT2D eigenvalue weighted by molar-refractivity contribution is 0.464. The van der Waals surface area contributed by atoms with Gasteiger partial charge in [-0.2, -0.15) is 11.8 Å². The maximum absolute atomic E-state index is 4.93. The summed E-state index contributed by atoms with van der Waals surface area (Å²) in [6.07, 6.45) is 4.96. The first-order chi connectivity index (χ1) is 9.38. The van der Waals surface area contributed by atoms with Crippen LogP contribution < -0.4 is 10.2 Å². The molecule has 1 N–H and O–H groups in total. The Hall–Kier alpha value is -0.260. The van der Waals surface area contributed by atoms with Gasteiger partial charge < -0.3 is 10.2 Å². The number of hydrogen-bond donors (Lipinski definition) is 1. The van der Waals surface area contributed by atoms with E-state index in [1.54, 1.807) is 0 Å². The summed E-state index contributed by atoms with van der Waals surface area (Å²) in [5.41, 5.74) is 1.37. The van der Waals surface area contributed by atoms with Crippen LogP contribution in [0.25, 0.3) is 0 Å². The van der Waals surface area contributed by atoms with Crippen molar-refractivity contribution in [2.75, 3.05) is 36.0 Å². The van der Waals surface area contributed by atoms with Gasteiger partial charge in [0, 0.05) is 35.5 Å².